The molecule has 10 heteroatoms. The van der Waals surface area contributed by atoms with Crippen LogP contribution in [0.15, 0.2) is 87.5 Å². The molecule has 3 N–H and O–H groups in total. The summed E-state index contributed by atoms with van der Waals surface area (Å²) in [5, 5.41) is 12.3. The molecule has 0 spiro atoms. The molecule has 0 saturated carbocycles. The van der Waals surface area contributed by atoms with Gasteiger partial charge in [-0.1, -0.05) is 6.07 Å². The van der Waals surface area contributed by atoms with Crippen LogP contribution in [0.5, 0.6) is 5.75 Å². The third kappa shape index (κ3) is 4.88. The fourth-order valence-corrected chi connectivity index (χ4v) is 5.10. The summed E-state index contributed by atoms with van der Waals surface area (Å²) in [4.78, 5) is 16.7. The van der Waals surface area contributed by atoms with Crippen molar-refractivity contribution in [3.63, 3.8) is 0 Å². The maximum atomic E-state index is 13.3. The Morgan fingerprint density at radius 3 is 2.54 bits per heavy atom. The Bertz CT molecular complexity index is 1450. The number of hydrogen-bond donors (Lipinski definition) is 3. The van der Waals surface area contributed by atoms with E-state index in [1.54, 1.807) is 47.9 Å². The monoisotopic (exact) mass is 493 g/mol. The van der Waals surface area contributed by atoms with Gasteiger partial charge < -0.3 is 14.5 Å². The number of pyridine rings is 1. The highest BCUT2D eigenvalue weighted by Crippen LogP contribution is 2.34. The number of nitrogens with zero attached hydrogens (tertiary/aromatic N) is 1. The Balaban J connectivity index is 1.74. The van der Waals surface area contributed by atoms with Crippen molar-refractivity contribution in [2.75, 3.05) is 12.4 Å². The van der Waals surface area contributed by atoms with E-state index in [1.165, 1.54) is 31.7 Å². The van der Waals surface area contributed by atoms with Crippen LogP contribution < -0.4 is 15.5 Å². The lowest BCUT2D eigenvalue weighted by Crippen LogP contribution is -2.21. The first kappa shape index (κ1) is 24.0. The highest BCUT2D eigenvalue weighted by atomic mass is 32.2. The average Bonchev–Trinajstić information content (AvgIpc) is 3.42. The van der Waals surface area contributed by atoms with Gasteiger partial charge >= 0.3 is 0 Å². The zero-order valence-electron chi connectivity index (χ0n) is 19.0. The Morgan fingerprint density at radius 1 is 1.11 bits per heavy atom. The van der Waals surface area contributed by atoms with Crippen LogP contribution in [-0.2, 0) is 16.4 Å². The standard InChI is InChI=1S/C25H23N3O6S/c1-16-13-20(22-6-4-12-34-22)23(21(14-16)24(29)28-30)27-15-17-5-3-11-26-25(17)35(31,32)19-9-7-18(33-2)8-10-19/h3-14,27,30H,15H2,1-2H3,(H,28,29). The molecule has 2 heterocycles. The predicted octanol–water partition coefficient (Wildman–Crippen LogP) is 4.22. The van der Waals surface area contributed by atoms with Crippen molar-refractivity contribution in [3.05, 3.63) is 89.8 Å². The zero-order valence-corrected chi connectivity index (χ0v) is 19.8. The summed E-state index contributed by atoms with van der Waals surface area (Å²) in [5.74, 6) is 0.313. The Hall–Kier alpha value is -4.15. The number of furan rings is 1. The van der Waals surface area contributed by atoms with Crippen LogP contribution in [0.25, 0.3) is 11.3 Å². The number of aromatic nitrogens is 1. The number of rotatable bonds is 8. The van der Waals surface area contributed by atoms with Gasteiger partial charge in [-0.05, 0) is 67.1 Å². The number of nitrogens with one attached hydrogen (secondary N) is 2. The van der Waals surface area contributed by atoms with Crippen molar-refractivity contribution in [2.24, 2.45) is 0 Å². The molecule has 0 aliphatic carbocycles. The van der Waals surface area contributed by atoms with E-state index in [0.717, 1.165) is 5.56 Å². The van der Waals surface area contributed by atoms with E-state index < -0.39 is 15.7 Å². The van der Waals surface area contributed by atoms with Gasteiger partial charge in [0.1, 0.15) is 11.5 Å². The van der Waals surface area contributed by atoms with Crippen molar-refractivity contribution in [1.29, 1.82) is 0 Å². The Labute approximate surface area is 202 Å². The summed E-state index contributed by atoms with van der Waals surface area (Å²) < 4.78 is 37.3. The van der Waals surface area contributed by atoms with Gasteiger partial charge in [-0.2, -0.15) is 0 Å². The normalized spacial score (nSPS) is 11.2. The first-order chi connectivity index (χ1) is 16.8. The molecule has 0 radical (unpaired) electrons. The fourth-order valence-electron chi connectivity index (χ4n) is 3.69. The minimum absolute atomic E-state index is 0.0288. The van der Waals surface area contributed by atoms with Gasteiger partial charge in [0, 0.05) is 23.9 Å². The van der Waals surface area contributed by atoms with E-state index in [9.17, 15) is 18.4 Å². The summed E-state index contributed by atoms with van der Waals surface area (Å²) in [6.45, 7) is 1.84. The molecule has 180 valence electrons. The van der Waals surface area contributed by atoms with Crippen LogP contribution in [0.2, 0.25) is 0 Å². The number of benzene rings is 2. The number of aryl methyl sites for hydroxylation is 1. The largest absolute Gasteiger partial charge is 0.497 e. The molecule has 0 aliphatic rings. The molecule has 0 aliphatic heterocycles. The highest BCUT2D eigenvalue weighted by Gasteiger charge is 2.24. The van der Waals surface area contributed by atoms with Crippen molar-refractivity contribution >= 4 is 21.4 Å². The lowest BCUT2D eigenvalue weighted by atomic mass is 10.0. The summed E-state index contributed by atoms with van der Waals surface area (Å²) in [5.41, 5.74) is 3.94. The van der Waals surface area contributed by atoms with Crippen molar-refractivity contribution in [3.8, 4) is 17.1 Å². The molecule has 4 aromatic rings. The number of anilines is 1. The second-order valence-corrected chi connectivity index (χ2v) is 9.52. The number of sulfone groups is 1. The number of ether oxygens (including phenoxy) is 1. The predicted molar refractivity (Wildman–Crippen MR) is 128 cm³/mol. The molecular weight excluding hydrogens is 470 g/mol. The van der Waals surface area contributed by atoms with Crippen LogP contribution >= 0.6 is 0 Å². The number of hydroxylamine groups is 1. The molecule has 0 saturated heterocycles. The van der Waals surface area contributed by atoms with E-state index >= 15 is 0 Å². The third-order valence-electron chi connectivity index (χ3n) is 5.35. The van der Waals surface area contributed by atoms with E-state index in [0.29, 0.717) is 28.3 Å². The summed E-state index contributed by atoms with van der Waals surface area (Å²) >= 11 is 0. The first-order valence-corrected chi connectivity index (χ1v) is 12.0. The molecule has 1 amide bonds. The number of methoxy groups -OCH3 is 1. The highest BCUT2D eigenvalue weighted by molar-refractivity contribution is 7.91. The first-order valence-electron chi connectivity index (χ1n) is 10.5. The third-order valence-corrected chi connectivity index (χ3v) is 7.11. The van der Waals surface area contributed by atoms with Crippen molar-refractivity contribution < 1.29 is 27.6 Å². The topological polar surface area (TPSA) is 131 Å². The van der Waals surface area contributed by atoms with Crippen molar-refractivity contribution in [2.45, 2.75) is 23.4 Å². The van der Waals surface area contributed by atoms with Crippen LogP contribution in [0.3, 0.4) is 0 Å². The molecule has 2 aromatic heterocycles. The molecular formula is C25H23N3O6S. The van der Waals surface area contributed by atoms with E-state index in [4.69, 9.17) is 9.15 Å². The minimum atomic E-state index is -3.93. The van der Waals surface area contributed by atoms with E-state index in [2.05, 4.69) is 10.3 Å². The van der Waals surface area contributed by atoms with E-state index in [1.807, 2.05) is 13.0 Å². The van der Waals surface area contributed by atoms with Gasteiger partial charge in [-0.25, -0.2) is 18.9 Å². The second-order valence-electron chi connectivity index (χ2n) is 7.65. The zero-order chi connectivity index (χ0) is 25.0. The molecule has 2 aromatic carbocycles. The molecule has 0 unspecified atom stereocenters. The van der Waals surface area contributed by atoms with Gasteiger partial charge in [0.2, 0.25) is 9.84 Å². The van der Waals surface area contributed by atoms with Crippen molar-refractivity contribution in [1.82, 2.24) is 10.5 Å². The molecule has 0 bridgehead atoms. The number of hydrogen-bond acceptors (Lipinski definition) is 8. The fraction of sp³-hybridized carbons (Fsp3) is 0.120. The lowest BCUT2D eigenvalue weighted by molar-refractivity contribution is 0.0707. The SMILES string of the molecule is COc1ccc(S(=O)(=O)c2ncccc2CNc2c(C(=O)NO)cc(C)cc2-c2ccco2)cc1. The number of carbonyl (C=O) groups excluding carboxylic acids is 1. The minimum Gasteiger partial charge on any atom is -0.497 e. The van der Waals surface area contributed by atoms with Gasteiger partial charge in [-0.15, -0.1) is 0 Å². The van der Waals surface area contributed by atoms with Gasteiger partial charge in [0.05, 0.1) is 29.5 Å². The number of carbonyl (C=O) groups is 1. The summed E-state index contributed by atoms with van der Waals surface area (Å²) in [7, 11) is -2.44. The average molecular weight is 494 g/mol. The molecule has 35 heavy (non-hydrogen) atoms. The maximum Gasteiger partial charge on any atom is 0.276 e. The molecule has 0 atom stereocenters. The van der Waals surface area contributed by atoms with Gasteiger partial charge in [-0.3, -0.25) is 10.0 Å². The summed E-state index contributed by atoms with van der Waals surface area (Å²) in [6.07, 6.45) is 2.92. The smallest absolute Gasteiger partial charge is 0.276 e. The number of amides is 1. The molecule has 0 fully saturated rings. The van der Waals surface area contributed by atoms with Crippen LogP contribution in [-0.4, -0.2) is 31.6 Å². The Kier molecular flexibility index (Phi) is 6.85. The van der Waals surface area contributed by atoms with Crippen LogP contribution in [0, 0.1) is 6.92 Å². The molecule has 9 nitrogen and oxygen atoms in total. The van der Waals surface area contributed by atoms with E-state index in [-0.39, 0.29) is 22.0 Å². The summed E-state index contributed by atoms with van der Waals surface area (Å²) in [6, 6.07) is 16.2. The van der Waals surface area contributed by atoms with Gasteiger partial charge in [0.25, 0.3) is 5.91 Å². The van der Waals surface area contributed by atoms with Crippen LogP contribution in [0.1, 0.15) is 21.5 Å². The van der Waals surface area contributed by atoms with Crippen LogP contribution in [0.4, 0.5) is 5.69 Å². The quantitative estimate of drug-likeness (QED) is 0.246. The maximum absolute atomic E-state index is 13.3. The second kappa shape index (κ2) is 10.00. The molecule has 4 rings (SSSR count). The Morgan fingerprint density at radius 2 is 1.89 bits per heavy atom. The van der Waals surface area contributed by atoms with Gasteiger partial charge in [0.15, 0.2) is 5.03 Å². The lowest BCUT2D eigenvalue weighted by Gasteiger charge is -2.17.